The molecule has 0 aliphatic carbocycles. The van der Waals surface area contributed by atoms with Crippen molar-refractivity contribution in [2.24, 2.45) is 0 Å². The van der Waals surface area contributed by atoms with Crippen LogP contribution in [0.2, 0.25) is 0 Å². The maximum absolute atomic E-state index is 12.3. The van der Waals surface area contributed by atoms with Gasteiger partial charge in [-0.05, 0) is 61.9 Å². The predicted octanol–water partition coefficient (Wildman–Crippen LogP) is 4.02. The van der Waals surface area contributed by atoms with Gasteiger partial charge >= 0.3 is 0 Å². The third kappa shape index (κ3) is 4.39. The Balaban J connectivity index is 1.58. The van der Waals surface area contributed by atoms with Crippen molar-refractivity contribution in [1.29, 1.82) is 0 Å². The fourth-order valence-corrected chi connectivity index (χ4v) is 3.02. The van der Waals surface area contributed by atoms with Crippen LogP contribution in [0.4, 0.5) is 17.1 Å². The summed E-state index contributed by atoms with van der Waals surface area (Å²) in [6.45, 7) is 2.59. The van der Waals surface area contributed by atoms with Crippen molar-refractivity contribution < 1.29 is 9.59 Å². The number of hydrogen-bond donors (Lipinski definition) is 2. The van der Waals surface area contributed by atoms with Gasteiger partial charge in [0, 0.05) is 34.5 Å². The van der Waals surface area contributed by atoms with E-state index < -0.39 is 0 Å². The molecule has 0 spiro atoms. The first-order valence-corrected chi connectivity index (χ1v) is 9.05. The Labute approximate surface area is 155 Å². The summed E-state index contributed by atoms with van der Waals surface area (Å²) < 4.78 is 0.966. The molecule has 1 aliphatic heterocycles. The fraction of sp³-hybridized carbons (Fsp3) is 0.263. The van der Waals surface area contributed by atoms with Crippen molar-refractivity contribution in [2.45, 2.75) is 25.8 Å². The van der Waals surface area contributed by atoms with E-state index in [1.807, 2.05) is 55.5 Å². The number of amides is 2. The van der Waals surface area contributed by atoms with E-state index in [2.05, 4.69) is 26.6 Å². The molecule has 1 atom stereocenters. The summed E-state index contributed by atoms with van der Waals surface area (Å²) in [6.07, 6.45) is 1.53. The Kier molecular flexibility index (Phi) is 5.38. The van der Waals surface area contributed by atoms with Gasteiger partial charge in [-0.15, -0.1) is 0 Å². The molecule has 6 heteroatoms. The van der Waals surface area contributed by atoms with Gasteiger partial charge in [-0.3, -0.25) is 9.59 Å². The lowest BCUT2D eigenvalue weighted by atomic mass is 10.2. The van der Waals surface area contributed by atoms with E-state index in [0.29, 0.717) is 6.42 Å². The van der Waals surface area contributed by atoms with Crippen LogP contribution in [0.3, 0.4) is 0 Å². The van der Waals surface area contributed by atoms with Crippen LogP contribution in [0.15, 0.2) is 53.0 Å². The quantitative estimate of drug-likeness (QED) is 0.795. The van der Waals surface area contributed by atoms with E-state index in [1.165, 1.54) is 0 Å². The Morgan fingerprint density at radius 2 is 1.72 bits per heavy atom. The van der Waals surface area contributed by atoms with Crippen molar-refractivity contribution >= 4 is 44.8 Å². The fourth-order valence-electron chi connectivity index (χ4n) is 2.76. The topological polar surface area (TPSA) is 61.4 Å². The zero-order valence-corrected chi connectivity index (χ0v) is 15.5. The van der Waals surface area contributed by atoms with Crippen molar-refractivity contribution in [3.8, 4) is 0 Å². The molecule has 1 aliphatic rings. The van der Waals surface area contributed by atoms with Gasteiger partial charge in [-0.2, -0.15) is 0 Å². The average molecular weight is 402 g/mol. The van der Waals surface area contributed by atoms with Gasteiger partial charge in [-0.25, -0.2) is 0 Å². The van der Waals surface area contributed by atoms with Crippen molar-refractivity contribution in [3.05, 3.63) is 53.0 Å². The van der Waals surface area contributed by atoms with Gasteiger partial charge in [-0.1, -0.05) is 15.9 Å². The summed E-state index contributed by atoms with van der Waals surface area (Å²) >= 11 is 3.37. The van der Waals surface area contributed by atoms with Crippen LogP contribution < -0.4 is 15.5 Å². The van der Waals surface area contributed by atoms with Crippen molar-refractivity contribution in [3.63, 3.8) is 0 Å². The van der Waals surface area contributed by atoms with Crippen LogP contribution >= 0.6 is 15.9 Å². The van der Waals surface area contributed by atoms with Crippen LogP contribution in [0.1, 0.15) is 19.8 Å². The number of halogens is 1. The first kappa shape index (κ1) is 17.5. The zero-order chi connectivity index (χ0) is 17.8. The molecule has 1 fully saturated rings. The van der Waals surface area contributed by atoms with Crippen LogP contribution in [-0.2, 0) is 9.59 Å². The minimum Gasteiger partial charge on any atom is -0.374 e. The highest BCUT2D eigenvalue weighted by atomic mass is 79.9. The summed E-state index contributed by atoms with van der Waals surface area (Å²) in [7, 11) is 0. The lowest BCUT2D eigenvalue weighted by molar-refractivity contribution is -0.117. The standard InChI is InChI=1S/C19H20BrN3O2/c1-13(19(25)22-16-6-4-14(20)5-7-16)21-15-8-10-17(11-9-15)23-12-2-3-18(23)24/h4-11,13,21H,2-3,12H2,1H3,(H,22,25). The van der Waals surface area contributed by atoms with E-state index in [-0.39, 0.29) is 17.9 Å². The number of nitrogens with one attached hydrogen (secondary N) is 2. The molecule has 2 amide bonds. The monoisotopic (exact) mass is 401 g/mol. The third-order valence-electron chi connectivity index (χ3n) is 4.14. The number of hydrogen-bond acceptors (Lipinski definition) is 3. The highest BCUT2D eigenvalue weighted by Crippen LogP contribution is 2.23. The van der Waals surface area contributed by atoms with Gasteiger partial charge in [0.2, 0.25) is 11.8 Å². The molecule has 2 aromatic rings. The SMILES string of the molecule is CC(Nc1ccc(N2CCCC2=O)cc1)C(=O)Nc1ccc(Br)cc1. The molecule has 0 aromatic heterocycles. The normalized spacial score (nSPS) is 15.1. The number of anilines is 3. The maximum atomic E-state index is 12.3. The molecule has 1 saturated heterocycles. The summed E-state index contributed by atoms with van der Waals surface area (Å²) in [4.78, 5) is 25.9. The van der Waals surface area contributed by atoms with Crippen molar-refractivity contribution in [2.75, 3.05) is 22.1 Å². The van der Waals surface area contributed by atoms with E-state index in [4.69, 9.17) is 0 Å². The molecular weight excluding hydrogens is 382 g/mol. The van der Waals surface area contributed by atoms with E-state index in [9.17, 15) is 9.59 Å². The molecule has 0 saturated carbocycles. The van der Waals surface area contributed by atoms with Crippen molar-refractivity contribution in [1.82, 2.24) is 0 Å². The molecule has 0 radical (unpaired) electrons. The smallest absolute Gasteiger partial charge is 0.246 e. The highest BCUT2D eigenvalue weighted by molar-refractivity contribution is 9.10. The summed E-state index contributed by atoms with van der Waals surface area (Å²) in [6, 6.07) is 14.7. The molecule has 25 heavy (non-hydrogen) atoms. The Morgan fingerprint density at radius 1 is 1.08 bits per heavy atom. The molecule has 3 rings (SSSR count). The summed E-state index contributed by atoms with van der Waals surface area (Å²) in [5, 5.41) is 6.05. The highest BCUT2D eigenvalue weighted by Gasteiger charge is 2.21. The van der Waals surface area contributed by atoms with Gasteiger partial charge in [0.15, 0.2) is 0 Å². The number of nitrogens with zero attached hydrogens (tertiary/aromatic N) is 1. The number of carbonyl (C=O) groups excluding carboxylic acids is 2. The lowest BCUT2D eigenvalue weighted by Crippen LogP contribution is -2.31. The predicted molar refractivity (Wildman–Crippen MR) is 104 cm³/mol. The lowest BCUT2D eigenvalue weighted by Gasteiger charge is -2.18. The van der Waals surface area contributed by atoms with E-state index >= 15 is 0 Å². The molecular formula is C19H20BrN3O2. The molecule has 5 nitrogen and oxygen atoms in total. The molecule has 0 bridgehead atoms. The first-order chi connectivity index (χ1) is 12.0. The van der Waals surface area contributed by atoms with Gasteiger partial charge in [0.05, 0.1) is 0 Å². The average Bonchev–Trinajstić information content (AvgIpc) is 3.03. The largest absolute Gasteiger partial charge is 0.374 e. The van der Waals surface area contributed by atoms with Crippen LogP contribution in [0.25, 0.3) is 0 Å². The van der Waals surface area contributed by atoms with Crippen LogP contribution in [0, 0.1) is 0 Å². The van der Waals surface area contributed by atoms with E-state index in [1.54, 1.807) is 4.90 Å². The van der Waals surface area contributed by atoms with E-state index in [0.717, 1.165) is 34.5 Å². The van der Waals surface area contributed by atoms with Crippen LogP contribution in [0.5, 0.6) is 0 Å². The van der Waals surface area contributed by atoms with Gasteiger partial charge in [0.1, 0.15) is 6.04 Å². The second kappa shape index (κ2) is 7.70. The number of rotatable bonds is 5. The number of benzene rings is 2. The Morgan fingerprint density at radius 3 is 2.32 bits per heavy atom. The minimum absolute atomic E-state index is 0.110. The molecule has 130 valence electrons. The minimum atomic E-state index is -0.386. The van der Waals surface area contributed by atoms with Gasteiger partial charge in [0.25, 0.3) is 0 Å². The molecule has 1 heterocycles. The molecule has 2 aromatic carbocycles. The molecule has 2 N–H and O–H groups in total. The molecule has 1 unspecified atom stereocenters. The second-order valence-corrected chi connectivity index (χ2v) is 6.97. The Bertz CT molecular complexity index is 759. The second-order valence-electron chi connectivity index (χ2n) is 6.06. The summed E-state index contributed by atoms with van der Waals surface area (Å²) in [5.74, 6) is 0.0593. The van der Waals surface area contributed by atoms with Crippen LogP contribution in [-0.4, -0.2) is 24.4 Å². The zero-order valence-electron chi connectivity index (χ0n) is 14.0. The summed E-state index contributed by atoms with van der Waals surface area (Å²) in [5.41, 5.74) is 2.50. The first-order valence-electron chi connectivity index (χ1n) is 8.26. The Hall–Kier alpha value is -2.34. The maximum Gasteiger partial charge on any atom is 0.246 e. The van der Waals surface area contributed by atoms with Gasteiger partial charge < -0.3 is 15.5 Å². The third-order valence-corrected chi connectivity index (χ3v) is 4.67. The number of carbonyl (C=O) groups is 2.